The number of carbonyl (C=O) groups is 4. The van der Waals surface area contributed by atoms with Gasteiger partial charge in [-0.3, -0.25) is 37.3 Å². The smallest absolute Gasteiger partial charge is 0.462 e. The van der Waals surface area contributed by atoms with E-state index in [9.17, 15) is 43.2 Å². The average Bonchev–Trinajstić information content (AvgIpc) is 3.55. The van der Waals surface area contributed by atoms with E-state index in [0.29, 0.717) is 25.7 Å². The third-order valence-electron chi connectivity index (χ3n) is 17.8. The maximum atomic E-state index is 13.0. The average molecular weight is 1330 g/mol. The van der Waals surface area contributed by atoms with Crippen molar-refractivity contribution in [2.45, 2.75) is 369 Å². The molecule has 0 saturated heterocycles. The normalized spacial score (nSPS) is 15.5. The molecule has 0 aromatic heterocycles. The molecule has 0 saturated carbocycles. The van der Waals surface area contributed by atoms with Crippen molar-refractivity contribution in [3.8, 4) is 0 Å². The molecule has 0 aliphatic carbocycles. The quantitative estimate of drug-likeness (QED) is 0.0222. The van der Waals surface area contributed by atoms with E-state index in [-0.39, 0.29) is 25.7 Å². The van der Waals surface area contributed by atoms with Crippen LogP contribution in [0.2, 0.25) is 0 Å². The molecule has 3 N–H and O–H groups in total. The van der Waals surface area contributed by atoms with Crippen molar-refractivity contribution in [3.05, 3.63) is 0 Å². The highest BCUT2D eigenvalue weighted by Gasteiger charge is 2.30. The van der Waals surface area contributed by atoms with E-state index in [4.69, 9.17) is 37.0 Å². The molecule has 534 valence electrons. The van der Waals surface area contributed by atoms with Crippen molar-refractivity contribution in [2.75, 3.05) is 39.6 Å². The van der Waals surface area contributed by atoms with Crippen molar-refractivity contribution >= 4 is 39.5 Å². The number of aliphatic hydroxyl groups excluding tert-OH is 1. The second-order valence-corrected chi connectivity index (χ2v) is 29.5. The summed E-state index contributed by atoms with van der Waals surface area (Å²) in [5, 5.41) is 10.6. The molecule has 19 heteroatoms. The van der Waals surface area contributed by atoms with Crippen LogP contribution in [-0.4, -0.2) is 96.7 Å². The van der Waals surface area contributed by atoms with Gasteiger partial charge in [-0.15, -0.1) is 0 Å². The van der Waals surface area contributed by atoms with Crippen molar-refractivity contribution in [3.63, 3.8) is 0 Å². The Morgan fingerprint density at radius 3 is 0.733 bits per heavy atom. The molecule has 0 aliphatic heterocycles. The molecule has 0 rings (SSSR count). The summed E-state index contributed by atoms with van der Waals surface area (Å²) < 4.78 is 68.3. The van der Waals surface area contributed by atoms with Crippen LogP contribution in [0.1, 0.15) is 351 Å². The molecule has 17 nitrogen and oxygen atoms in total. The van der Waals surface area contributed by atoms with Gasteiger partial charge in [0.15, 0.2) is 12.2 Å². The Morgan fingerprint density at radius 2 is 0.500 bits per heavy atom. The van der Waals surface area contributed by atoms with Crippen LogP contribution in [0.5, 0.6) is 0 Å². The molecular weight excluding hydrogens is 1190 g/mol. The zero-order valence-corrected chi connectivity index (χ0v) is 60.6. The molecule has 0 spiro atoms. The van der Waals surface area contributed by atoms with Gasteiger partial charge in [-0.1, -0.05) is 299 Å². The fourth-order valence-corrected chi connectivity index (χ4v) is 12.1. The van der Waals surface area contributed by atoms with Gasteiger partial charge in [0.25, 0.3) is 0 Å². The number of carbonyl (C=O) groups excluding carboxylic acids is 4. The van der Waals surface area contributed by atoms with Crippen LogP contribution in [0.4, 0.5) is 0 Å². The first kappa shape index (κ1) is 88.1. The van der Waals surface area contributed by atoms with E-state index < -0.39 is 97.5 Å². The Bertz CT molecular complexity index is 1790. The lowest BCUT2D eigenvalue weighted by Gasteiger charge is -2.21. The van der Waals surface area contributed by atoms with Gasteiger partial charge in [0.2, 0.25) is 0 Å². The lowest BCUT2D eigenvalue weighted by molar-refractivity contribution is -0.161. The Balaban J connectivity index is 5.28. The van der Waals surface area contributed by atoms with Gasteiger partial charge in [0, 0.05) is 25.7 Å². The monoisotopic (exact) mass is 1320 g/mol. The molecule has 0 amide bonds. The van der Waals surface area contributed by atoms with Crippen molar-refractivity contribution in [1.29, 1.82) is 0 Å². The largest absolute Gasteiger partial charge is 0.472 e. The predicted octanol–water partition coefficient (Wildman–Crippen LogP) is 20.1. The standard InChI is InChI=1S/C71H138O17P2/c1-9-61(5)47-39-31-23-17-13-15-19-26-35-43-51-68(73)81-57-66(87-70(75)53-45-37-27-20-16-14-18-24-32-40-48-62(6)10-2)59-85-89(77,78)83-55-65(72)56-84-90(79,80)86-60-67(58-82-69(74)52-44-36-30-29-34-42-50-64(8)12-4)88-71(76)54-46-38-28-22-21-25-33-41-49-63(7)11-3/h61-67,72H,9-60H2,1-8H3,(H,77,78)(H,79,80)/t61?,62?,63?,64?,65-,66-,67-/m1/s1. The number of unbranched alkanes of at least 4 members (excludes halogenated alkanes) is 30. The fraction of sp³-hybridized carbons (Fsp3) is 0.944. The van der Waals surface area contributed by atoms with E-state index in [2.05, 4.69) is 55.4 Å². The molecule has 90 heavy (non-hydrogen) atoms. The number of ether oxygens (including phenoxy) is 4. The summed E-state index contributed by atoms with van der Waals surface area (Å²) in [5.41, 5.74) is 0. The molecule has 0 aliphatic rings. The second kappa shape index (κ2) is 60.7. The van der Waals surface area contributed by atoms with Gasteiger partial charge in [-0.25, -0.2) is 9.13 Å². The highest BCUT2D eigenvalue weighted by Crippen LogP contribution is 2.45. The molecule has 0 aromatic carbocycles. The van der Waals surface area contributed by atoms with Gasteiger partial charge in [-0.05, 0) is 49.4 Å². The number of hydrogen-bond acceptors (Lipinski definition) is 15. The maximum absolute atomic E-state index is 13.0. The number of hydrogen-bond donors (Lipinski definition) is 3. The Hall–Kier alpha value is -1.94. The summed E-state index contributed by atoms with van der Waals surface area (Å²) in [6.07, 6.45) is 42.8. The first-order valence-corrected chi connectivity index (χ1v) is 39.8. The van der Waals surface area contributed by atoms with Crippen LogP contribution in [0.3, 0.4) is 0 Å². The van der Waals surface area contributed by atoms with Crippen LogP contribution in [-0.2, 0) is 65.4 Å². The number of phosphoric ester groups is 2. The van der Waals surface area contributed by atoms with Gasteiger partial charge in [0.1, 0.15) is 19.3 Å². The van der Waals surface area contributed by atoms with Crippen molar-refractivity contribution < 1.29 is 80.2 Å². The molecule has 6 unspecified atom stereocenters. The van der Waals surface area contributed by atoms with E-state index >= 15 is 0 Å². The van der Waals surface area contributed by atoms with Crippen molar-refractivity contribution in [2.24, 2.45) is 23.7 Å². The van der Waals surface area contributed by atoms with Crippen LogP contribution >= 0.6 is 15.6 Å². The summed E-state index contributed by atoms with van der Waals surface area (Å²) in [7, 11) is -9.91. The maximum Gasteiger partial charge on any atom is 0.472 e. The lowest BCUT2D eigenvalue weighted by atomic mass is 9.99. The Labute approximate surface area is 549 Å². The van der Waals surface area contributed by atoms with E-state index in [1.54, 1.807) is 0 Å². The van der Waals surface area contributed by atoms with Crippen LogP contribution in [0.15, 0.2) is 0 Å². The van der Waals surface area contributed by atoms with E-state index in [1.165, 1.54) is 148 Å². The molecule has 0 bridgehead atoms. The third kappa shape index (κ3) is 59.8. The topological polar surface area (TPSA) is 237 Å². The van der Waals surface area contributed by atoms with Gasteiger partial charge in [-0.2, -0.15) is 0 Å². The highest BCUT2D eigenvalue weighted by molar-refractivity contribution is 7.47. The molecule has 0 aromatic rings. The van der Waals surface area contributed by atoms with Crippen LogP contribution < -0.4 is 0 Å². The van der Waals surface area contributed by atoms with Gasteiger partial charge in [0.05, 0.1) is 26.4 Å². The minimum atomic E-state index is -4.95. The minimum Gasteiger partial charge on any atom is -0.462 e. The number of rotatable bonds is 68. The molecular formula is C71H138O17P2. The zero-order valence-electron chi connectivity index (χ0n) is 58.8. The minimum absolute atomic E-state index is 0.104. The first-order chi connectivity index (χ1) is 43.2. The number of phosphoric acid groups is 2. The Kier molecular flexibility index (Phi) is 59.4. The highest BCUT2D eigenvalue weighted by atomic mass is 31.2. The molecule has 0 heterocycles. The van der Waals surface area contributed by atoms with Gasteiger partial charge < -0.3 is 33.8 Å². The third-order valence-corrected chi connectivity index (χ3v) is 19.7. The summed E-state index contributed by atoms with van der Waals surface area (Å²) in [6, 6.07) is 0. The summed E-state index contributed by atoms with van der Waals surface area (Å²) >= 11 is 0. The predicted molar refractivity (Wildman–Crippen MR) is 363 cm³/mol. The van der Waals surface area contributed by atoms with Crippen LogP contribution in [0, 0.1) is 23.7 Å². The number of aliphatic hydroxyl groups is 1. The zero-order chi connectivity index (χ0) is 66.8. The Morgan fingerprint density at radius 1 is 0.300 bits per heavy atom. The number of esters is 4. The molecule has 0 fully saturated rings. The van der Waals surface area contributed by atoms with E-state index in [1.807, 2.05) is 0 Å². The van der Waals surface area contributed by atoms with Gasteiger partial charge >= 0.3 is 39.5 Å². The molecule has 0 radical (unpaired) electrons. The second-order valence-electron chi connectivity index (χ2n) is 26.6. The first-order valence-electron chi connectivity index (χ1n) is 36.9. The summed E-state index contributed by atoms with van der Waals surface area (Å²) in [5.74, 6) is 0.983. The van der Waals surface area contributed by atoms with Crippen LogP contribution in [0.25, 0.3) is 0 Å². The lowest BCUT2D eigenvalue weighted by Crippen LogP contribution is -2.30. The van der Waals surface area contributed by atoms with Crippen molar-refractivity contribution in [1.82, 2.24) is 0 Å². The fourth-order valence-electron chi connectivity index (χ4n) is 10.5. The summed E-state index contributed by atoms with van der Waals surface area (Å²) in [6.45, 7) is 14.2. The summed E-state index contributed by atoms with van der Waals surface area (Å²) in [4.78, 5) is 72.6. The van der Waals surface area contributed by atoms with E-state index in [0.717, 1.165) is 120 Å². The molecule has 9 atom stereocenters. The SMILES string of the molecule is CCC(C)CCCCCCCCCCCCC(=O)OC[C@H](COP(=O)(O)OC[C@@H](O)COP(=O)(O)OC[C@@H](COC(=O)CCCCCCCCC(C)CC)OC(=O)CCCCCCCCCCC(C)CC)OC(=O)CCCCCCCCCCCCC(C)CC.